The summed E-state index contributed by atoms with van der Waals surface area (Å²) in [5.74, 6) is 0. The quantitative estimate of drug-likeness (QED) is 0.830. The second kappa shape index (κ2) is 5.00. The minimum absolute atomic E-state index is 0.677. The van der Waals surface area contributed by atoms with Crippen LogP contribution in [0.2, 0.25) is 5.02 Å². The molecule has 1 aromatic carbocycles. The molecule has 1 aliphatic heterocycles. The van der Waals surface area contributed by atoms with Crippen LogP contribution in [-0.4, -0.2) is 12.6 Å². The van der Waals surface area contributed by atoms with E-state index in [2.05, 4.69) is 24.4 Å². The van der Waals surface area contributed by atoms with Gasteiger partial charge in [0.25, 0.3) is 0 Å². The monoisotopic (exact) mass is 223 g/mol. The van der Waals surface area contributed by atoms with Gasteiger partial charge < -0.3 is 5.32 Å². The predicted molar refractivity (Wildman–Crippen MR) is 65.6 cm³/mol. The van der Waals surface area contributed by atoms with Gasteiger partial charge in [0.1, 0.15) is 0 Å². The zero-order valence-electron chi connectivity index (χ0n) is 9.22. The summed E-state index contributed by atoms with van der Waals surface area (Å²) in [6.45, 7) is 3.33. The van der Waals surface area contributed by atoms with Gasteiger partial charge in [-0.1, -0.05) is 30.7 Å². The number of hydrogen-bond acceptors (Lipinski definition) is 1. The highest BCUT2D eigenvalue weighted by molar-refractivity contribution is 6.31. The fourth-order valence-electron chi connectivity index (χ4n) is 2.24. The molecule has 0 amide bonds. The molecule has 2 rings (SSSR count). The van der Waals surface area contributed by atoms with Crippen LogP contribution in [0.5, 0.6) is 0 Å². The molecular formula is C13H18ClN. The van der Waals surface area contributed by atoms with Crippen LogP contribution in [0.15, 0.2) is 18.2 Å². The van der Waals surface area contributed by atoms with Gasteiger partial charge in [0, 0.05) is 11.1 Å². The van der Waals surface area contributed by atoms with Crippen LogP contribution < -0.4 is 5.32 Å². The van der Waals surface area contributed by atoms with E-state index in [1.807, 2.05) is 6.07 Å². The lowest BCUT2D eigenvalue weighted by Gasteiger charge is -2.11. The Morgan fingerprint density at radius 1 is 1.47 bits per heavy atom. The van der Waals surface area contributed by atoms with Crippen molar-refractivity contribution in [2.45, 2.75) is 38.6 Å². The van der Waals surface area contributed by atoms with Gasteiger partial charge in [-0.3, -0.25) is 0 Å². The Hall–Kier alpha value is -0.530. The number of hydrogen-bond donors (Lipinski definition) is 1. The molecule has 0 radical (unpaired) electrons. The standard InChI is InChI=1S/C13H18ClN/c1-2-11-8-10(5-6-13(11)14)9-12-4-3-7-15-12/h5-6,8,12,15H,2-4,7,9H2,1H3/t12-/m0/s1. The van der Waals surface area contributed by atoms with Crippen molar-refractivity contribution in [3.8, 4) is 0 Å². The molecule has 2 heteroatoms. The van der Waals surface area contributed by atoms with E-state index in [0.717, 1.165) is 17.9 Å². The van der Waals surface area contributed by atoms with Crippen molar-refractivity contribution in [2.24, 2.45) is 0 Å². The molecule has 0 bridgehead atoms. The average molecular weight is 224 g/mol. The molecule has 0 saturated carbocycles. The second-order valence-corrected chi connectivity index (χ2v) is 4.68. The first kappa shape index (κ1) is 11.0. The molecule has 1 nitrogen and oxygen atoms in total. The summed E-state index contributed by atoms with van der Waals surface area (Å²) in [5.41, 5.74) is 2.68. The minimum atomic E-state index is 0.677. The van der Waals surface area contributed by atoms with E-state index in [-0.39, 0.29) is 0 Å². The molecular weight excluding hydrogens is 206 g/mol. The Labute approximate surface area is 96.8 Å². The van der Waals surface area contributed by atoms with E-state index in [1.54, 1.807) is 0 Å². The Bertz CT molecular complexity index is 329. The molecule has 1 N–H and O–H groups in total. The summed E-state index contributed by atoms with van der Waals surface area (Å²) >= 11 is 6.10. The first-order valence-corrected chi connectivity index (χ1v) is 6.18. The van der Waals surface area contributed by atoms with Crippen LogP contribution in [0.25, 0.3) is 0 Å². The summed E-state index contributed by atoms with van der Waals surface area (Å²) < 4.78 is 0. The summed E-state index contributed by atoms with van der Waals surface area (Å²) in [7, 11) is 0. The molecule has 1 heterocycles. The third kappa shape index (κ3) is 2.73. The van der Waals surface area contributed by atoms with E-state index in [9.17, 15) is 0 Å². The van der Waals surface area contributed by atoms with Gasteiger partial charge in [-0.25, -0.2) is 0 Å². The maximum Gasteiger partial charge on any atom is 0.0438 e. The van der Waals surface area contributed by atoms with Crippen molar-refractivity contribution in [3.05, 3.63) is 34.3 Å². The number of nitrogens with one attached hydrogen (secondary N) is 1. The Kier molecular flexibility index (Phi) is 3.66. The Balaban J connectivity index is 2.07. The van der Waals surface area contributed by atoms with Crippen LogP contribution in [-0.2, 0) is 12.8 Å². The lowest BCUT2D eigenvalue weighted by molar-refractivity contribution is 0.603. The Morgan fingerprint density at radius 3 is 3.00 bits per heavy atom. The topological polar surface area (TPSA) is 12.0 Å². The van der Waals surface area contributed by atoms with Gasteiger partial charge in [0.15, 0.2) is 0 Å². The van der Waals surface area contributed by atoms with E-state index in [4.69, 9.17) is 11.6 Å². The van der Waals surface area contributed by atoms with Crippen molar-refractivity contribution in [1.82, 2.24) is 5.32 Å². The van der Waals surface area contributed by atoms with Gasteiger partial charge >= 0.3 is 0 Å². The second-order valence-electron chi connectivity index (χ2n) is 4.28. The number of aryl methyl sites for hydroxylation is 1. The third-order valence-electron chi connectivity index (χ3n) is 3.14. The van der Waals surface area contributed by atoms with Crippen LogP contribution >= 0.6 is 11.6 Å². The summed E-state index contributed by atoms with van der Waals surface area (Å²) in [6.07, 6.45) is 4.79. The molecule has 0 aromatic heterocycles. The van der Waals surface area contributed by atoms with Gasteiger partial charge in [-0.2, -0.15) is 0 Å². The lowest BCUT2D eigenvalue weighted by Crippen LogP contribution is -2.23. The normalized spacial score (nSPS) is 20.8. The fraction of sp³-hybridized carbons (Fsp3) is 0.538. The van der Waals surface area contributed by atoms with E-state index in [1.165, 1.54) is 30.5 Å². The molecule has 0 spiro atoms. The number of benzene rings is 1. The van der Waals surface area contributed by atoms with Gasteiger partial charge in [0.2, 0.25) is 0 Å². The van der Waals surface area contributed by atoms with E-state index >= 15 is 0 Å². The first-order valence-electron chi connectivity index (χ1n) is 5.80. The predicted octanol–water partition coefficient (Wildman–Crippen LogP) is 3.20. The van der Waals surface area contributed by atoms with Crippen molar-refractivity contribution in [2.75, 3.05) is 6.54 Å². The molecule has 1 aromatic rings. The highest BCUT2D eigenvalue weighted by atomic mass is 35.5. The molecule has 0 aliphatic carbocycles. The van der Waals surface area contributed by atoms with Crippen LogP contribution in [0.1, 0.15) is 30.9 Å². The summed E-state index contributed by atoms with van der Waals surface area (Å²) in [4.78, 5) is 0. The van der Waals surface area contributed by atoms with Gasteiger partial charge in [-0.05, 0) is 49.4 Å². The maximum atomic E-state index is 6.10. The van der Waals surface area contributed by atoms with Crippen LogP contribution in [0.4, 0.5) is 0 Å². The molecule has 1 fully saturated rings. The molecule has 1 saturated heterocycles. The molecule has 1 aliphatic rings. The van der Waals surface area contributed by atoms with Gasteiger partial charge in [-0.15, -0.1) is 0 Å². The van der Waals surface area contributed by atoms with Crippen molar-refractivity contribution >= 4 is 11.6 Å². The minimum Gasteiger partial charge on any atom is -0.314 e. The van der Waals surface area contributed by atoms with Crippen molar-refractivity contribution in [1.29, 1.82) is 0 Å². The molecule has 1 atom stereocenters. The molecule has 82 valence electrons. The zero-order chi connectivity index (χ0) is 10.7. The maximum absolute atomic E-state index is 6.10. The SMILES string of the molecule is CCc1cc(C[C@@H]2CCCN2)ccc1Cl. The highest BCUT2D eigenvalue weighted by Gasteiger charge is 2.14. The van der Waals surface area contributed by atoms with E-state index < -0.39 is 0 Å². The smallest absolute Gasteiger partial charge is 0.0438 e. The number of rotatable bonds is 3. The molecule has 0 unspecified atom stereocenters. The summed E-state index contributed by atoms with van der Waals surface area (Å²) in [6, 6.07) is 7.12. The van der Waals surface area contributed by atoms with Crippen LogP contribution in [0, 0.1) is 0 Å². The van der Waals surface area contributed by atoms with Crippen LogP contribution in [0.3, 0.4) is 0 Å². The first-order chi connectivity index (χ1) is 7.29. The van der Waals surface area contributed by atoms with Crippen molar-refractivity contribution < 1.29 is 0 Å². The fourth-order valence-corrected chi connectivity index (χ4v) is 2.49. The zero-order valence-corrected chi connectivity index (χ0v) is 9.98. The van der Waals surface area contributed by atoms with Crippen molar-refractivity contribution in [3.63, 3.8) is 0 Å². The summed E-state index contributed by atoms with van der Waals surface area (Å²) in [5, 5.41) is 4.43. The average Bonchev–Trinajstić information content (AvgIpc) is 2.73. The van der Waals surface area contributed by atoms with E-state index in [0.29, 0.717) is 6.04 Å². The highest BCUT2D eigenvalue weighted by Crippen LogP contribution is 2.20. The lowest BCUT2D eigenvalue weighted by atomic mass is 10.0. The third-order valence-corrected chi connectivity index (χ3v) is 3.50. The number of halogens is 1. The Morgan fingerprint density at radius 2 is 2.33 bits per heavy atom. The molecule has 15 heavy (non-hydrogen) atoms. The largest absolute Gasteiger partial charge is 0.314 e. The van der Waals surface area contributed by atoms with Gasteiger partial charge in [0.05, 0.1) is 0 Å².